The highest BCUT2D eigenvalue weighted by atomic mass is 32.1. The third kappa shape index (κ3) is 5.11. The lowest BCUT2D eigenvalue weighted by molar-refractivity contribution is -0.137. The lowest BCUT2D eigenvalue weighted by atomic mass is 10.1. The highest BCUT2D eigenvalue weighted by Crippen LogP contribution is 2.32. The predicted molar refractivity (Wildman–Crippen MR) is 99.6 cm³/mol. The Hall–Kier alpha value is -2.28. The smallest absolute Gasteiger partial charge is 0.416 e. The number of halogens is 3. The molecule has 7 heteroatoms. The topological polar surface area (TPSA) is 30.5 Å². The van der Waals surface area contributed by atoms with Crippen LogP contribution in [0.5, 0.6) is 5.75 Å². The molecule has 0 aromatic heterocycles. The number of hydrogen-bond donors (Lipinski definition) is 1. The van der Waals surface area contributed by atoms with Crippen LogP contribution in [0.1, 0.15) is 29.2 Å². The molecule has 3 nitrogen and oxygen atoms in total. The van der Waals surface area contributed by atoms with E-state index in [1.54, 1.807) is 0 Å². The molecular weight excluding hydrogens is 363 g/mol. The summed E-state index contributed by atoms with van der Waals surface area (Å²) in [7, 11) is 1.38. The molecule has 0 atom stereocenters. The van der Waals surface area contributed by atoms with Crippen LogP contribution in [-0.2, 0) is 23.9 Å². The minimum absolute atomic E-state index is 0.0368. The van der Waals surface area contributed by atoms with Crippen LogP contribution in [0, 0.1) is 6.92 Å². The van der Waals surface area contributed by atoms with Crippen molar-refractivity contribution in [1.82, 2.24) is 0 Å². The van der Waals surface area contributed by atoms with Crippen molar-refractivity contribution in [3.63, 3.8) is 0 Å². The van der Waals surface area contributed by atoms with E-state index in [2.05, 4.69) is 12.2 Å². The molecule has 0 aliphatic rings. The van der Waals surface area contributed by atoms with Crippen LogP contribution >= 0.6 is 12.2 Å². The zero-order valence-electron chi connectivity index (χ0n) is 14.7. The SMILES string of the molecule is CCc1ccc(OCc2cc(C(F)(F)F)ccc2NC(=S)OC)c(C)c1. The average molecular weight is 383 g/mol. The number of anilines is 1. The van der Waals surface area contributed by atoms with E-state index in [9.17, 15) is 13.2 Å². The molecule has 2 aromatic carbocycles. The van der Waals surface area contributed by atoms with Gasteiger partial charge in [-0.05, 0) is 61.0 Å². The Morgan fingerprint density at radius 3 is 2.46 bits per heavy atom. The van der Waals surface area contributed by atoms with Crippen molar-refractivity contribution in [2.75, 3.05) is 12.4 Å². The van der Waals surface area contributed by atoms with Gasteiger partial charge in [-0.15, -0.1) is 0 Å². The van der Waals surface area contributed by atoms with Gasteiger partial charge in [0, 0.05) is 11.3 Å². The van der Waals surface area contributed by atoms with Crippen LogP contribution in [0.4, 0.5) is 18.9 Å². The second-order valence-electron chi connectivity index (χ2n) is 5.73. The zero-order valence-corrected chi connectivity index (χ0v) is 15.6. The van der Waals surface area contributed by atoms with Crippen molar-refractivity contribution in [1.29, 1.82) is 0 Å². The molecule has 0 radical (unpaired) electrons. The molecule has 0 spiro atoms. The van der Waals surface area contributed by atoms with E-state index in [4.69, 9.17) is 21.7 Å². The zero-order chi connectivity index (χ0) is 19.3. The molecule has 0 unspecified atom stereocenters. The maximum absolute atomic E-state index is 13.0. The first-order chi connectivity index (χ1) is 12.2. The number of alkyl halides is 3. The predicted octanol–water partition coefficient (Wildman–Crippen LogP) is 5.50. The van der Waals surface area contributed by atoms with Crippen LogP contribution in [0.2, 0.25) is 0 Å². The van der Waals surface area contributed by atoms with Crippen molar-refractivity contribution < 1.29 is 22.6 Å². The van der Waals surface area contributed by atoms with Gasteiger partial charge in [0.2, 0.25) is 0 Å². The van der Waals surface area contributed by atoms with E-state index in [-0.39, 0.29) is 11.8 Å². The molecule has 1 N–H and O–H groups in total. The molecule has 0 aliphatic heterocycles. The molecule has 26 heavy (non-hydrogen) atoms. The number of aryl methyl sites for hydroxylation is 2. The molecule has 0 amide bonds. The summed E-state index contributed by atoms with van der Waals surface area (Å²) in [6, 6.07) is 9.13. The first-order valence-electron chi connectivity index (χ1n) is 8.02. The van der Waals surface area contributed by atoms with Crippen LogP contribution in [-0.4, -0.2) is 12.3 Å². The highest BCUT2D eigenvalue weighted by Gasteiger charge is 2.31. The van der Waals surface area contributed by atoms with Gasteiger partial charge in [0.1, 0.15) is 12.4 Å². The Bertz CT molecular complexity index is 791. The maximum atomic E-state index is 13.0. The summed E-state index contributed by atoms with van der Waals surface area (Å²) in [5.74, 6) is 0.625. The van der Waals surface area contributed by atoms with E-state index in [1.165, 1.54) is 18.7 Å². The van der Waals surface area contributed by atoms with Gasteiger partial charge in [-0.1, -0.05) is 19.1 Å². The first kappa shape index (κ1) is 20.0. The molecule has 2 aromatic rings. The van der Waals surface area contributed by atoms with E-state index >= 15 is 0 Å². The summed E-state index contributed by atoms with van der Waals surface area (Å²) in [4.78, 5) is 0. The Morgan fingerprint density at radius 1 is 1.15 bits per heavy atom. The molecule has 0 saturated heterocycles. The van der Waals surface area contributed by atoms with Gasteiger partial charge in [0.25, 0.3) is 5.17 Å². The number of rotatable bonds is 5. The summed E-state index contributed by atoms with van der Waals surface area (Å²) in [5.41, 5.74) is 2.09. The van der Waals surface area contributed by atoms with Crippen molar-refractivity contribution in [3.05, 3.63) is 58.7 Å². The van der Waals surface area contributed by atoms with Crippen LogP contribution < -0.4 is 10.1 Å². The molecule has 0 aliphatic carbocycles. The van der Waals surface area contributed by atoms with E-state index < -0.39 is 11.7 Å². The normalized spacial score (nSPS) is 11.2. The van der Waals surface area contributed by atoms with Gasteiger partial charge in [-0.25, -0.2) is 0 Å². The molecule has 2 rings (SSSR count). The van der Waals surface area contributed by atoms with Gasteiger partial charge in [0.15, 0.2) is 0 Å². The second-order valence-corrected chi connectivity index (χ2v) is 6.10. The van der Waals surface area contributed by atoms with Gasteiger partial charge < -0.3 is 14.8 Å². The third-order valence-corrected chi connectivity index (χ3v) is 4.15. The molecule has 0 fully saturated rings. The number of benzene rings is 2. The quantitative estimate of drug-likeness (QED) is 0.691. The largest absolute Gasteiger partial charge is 0.489 e. The molecule has 140 valence electrons. The number of thiocarbonyl (C=S) groups is 1. The minimum atomic E-state index is -4.44. The fourth-order valence-corrected chi connectivity index (χ4v) is 2.53. The Labute approximate surface area is 156 Å². The fraction of sp³-hybridized carbons (Fsp3) is 0.316. The van der Waals surface area contributed by atoms with Crippen LogP contribution in [0.25, 0.3) is 0 Å². The van der Waals surface area contributed by atoms with Crippen LogP contribution in [0.15, 0.2) is 36.4 Å². The number of hydrogen-bond acceptors (Lipinski definition) is 3. The third-order valence-electron chi connectivity index (χ3n) is 3.89. The van der Waals surface area contributed by atoms with E-state index in [0.29, 0.717) is 17.0 Å². The summed E-state index contributed by atoms with van der Waals surface area (Å²) in [5, 5.41) is 2.83. The first-order valence-corrected chi connectivity index (χ1v) is 8.42. The number of nitrogens with one attached hydrogen (secondary N) is 1. The second kappa shape index (κ2) is 8.40. The number of methoxy groups -OCH3 is 1. The number of ether oxygens (including phenoxy) is 2. The van der Waals surface area contributed by atoms with E-state index in [1.807, 2.05) is 25.1 Å². The van der Waals surface area contributed by atoms with Crippen molar-refractivity contribution >= 4 is 23.1 Å². The van der Waals surface area contributed by atoms with Gasteiger partial charge in [0.05, 0.1) is 12.7 Å². The van der Waals surface area contributed by atoms with Crippen molar-refractivity contribution in [2.24, 2.45) is 0 Å². The Kier molecular flexibility index (Phi) is 6.47. The highest BCUT2D eigenvalue weighted by molar-refractivity contribution is 7.80. The minimum Gasteiger partial charge on any atom is -0.489 e. The summed E-state index contributed by atoms with van der Waals surface area (Å²) >= 11 is 4.93. The summed E-state index contributed by atoms with van der Waals surface area (Å²) < 4.78 is 49.7. The van der Waals surface area contributed by atoms with Gasteiger partial charge in [-0.2, -0.15) is 13.2 Å². The fourth-order valence-electron chi connectivity index (χ4n) is 2.42. The lowest BCUT2D eigenvalue weighted by Gasteiger charge is -2.16. The Balaban J connectivity index is 2.28. The van der Waals surface area contributed by atoms with E-state index in [0.717, 1.165) is 24.1 Å². The monoisotopic (exact) mass is 383 g/mol. The van der Waals surface area contributed by atoms with Crippen LogP contribution in [0.3, 0.4) is 0 Å². The van der Waals surface area contributed by atoms with Crippen molar-refractivity contribution in [2.45, 2.75) is 33.1 Å². The average Bonchev–Trinajstić information content (AvgIpc) is 2.60. The summed E-state index contributed by atoms with van der Waals surface area (Å²) in [6.07, 6.45) is -3.54. The lowest BCUT2D eigenvalue weighted by Crippen LogP contribution is -2.14. The molecule has 0 saturated carbocycles. The molecule has 0 bridgehead atoms. The Morgan fingerprint density at radius 2 is 1.88 bits per heavy atom. The maximum Gasteiger partial charge on any atom is 0.416 e. The van der Waals surface area contributed by atoms with Gasteiger partial charge >= 0.3 is 6.18 Å². The van der Waals surface area contributed by atoms with Gasteiger partial charge in [-0.3, -0.25) is 0 Å². The standard InChI is InChI=1S/C19H20F3NO2S/c1-4-13-5-8-17(12(2)9-13)25-11-14-10-15(19(20,21)22)6-7-16(14)23-18(26)24-3/h5-10H,4,11H2,1-3H3,(H,23,26). The summed E-state index contributed by atoms with van der Waals surface area (Å²) in [6.45, 7) is 3.92. The molecule has 0 heterocycles. The molecular formula is C19H20F3NO2S. The van der Waals surface area contributed by atoms with Crippen molar-refractivity contribution in [3.8, 4) is 5.75 Å².